The first-order valence-electron chi connectivity index (χ1n) is 10.9. The number of fused-ring (bicyclic) bond motifs is 1. The highest BCUT2D eigenvalue weighted by Crippen LogP contribution is 2.39. The van der Waals surface area contributed by atoms with Gasteiger partial charge in [-0.15, -0.1) is 0 Å². The topological polar surface area (TPSA) is 88.9 Å². The number of rotatable bonds is 6. The van der Waals surface area contributed by atoms with E-state index in [1.54, 1.807) is 31.3 Å². The summed E-state index contributed by atoms with van der Waals surface area (Å²) in [6, 6.07) is 12.7. The minimum atomic E-state index is -0.560. The molecule has 0 aliphatic heterocycles. The SMILES string of the molecule is COC(=O)c1c(C)nc2ccn(-c3cc(OC)c(OC)c(OC)c3)c(=O)c2c1-c1ccc(C)cc1. The van der Waals surface area contributed by atoms with Crippen LogP contribution in [0.3, 0.4) is 0 Å². The number of aromatic nitrogens is 2. The first-order chi connectivity index (χ1) is 16.8. The van der Waals surface area contributed by atoms with Gasteiger partial charge < -0.3 is 18.9 Å². The molecule has 180 valence electrons. The van der Waals surface area contributed by atoms with Crippen molar-refractivity contribution in [1.29, 1.82) is 0 Å². The van der Waals surface area contributed by atoms with Gasteiger partial charge in [-0.2, -0.15) is 0 Å². The maximum absolute atomic E-state index is 14.0. The summed E-state index contributed by atoms with van der Waals surface area (Å²) >= 11 is 0. The summed E-state index contributed by atoms with van der Waals surface area (Å²) < 4.78 is 22.8. The van der Waals surface area contributed by atoms with E-state index in [9.17, 15) is 9.59 Å². The number of hydrogen-bond donors (Lipinski definition) is 0. The second-order valence-corrected chi connectivity index (χ2v) is 7.94. The third-order valence-corrected chi connectivity index (χ3v) is 5.88. The fraction of sp³-hybridized carbons (Fsp3) is 0.222. The molecule has 0 aliphatic carbocycles. The number of aryl methyl sites for hydroxylation is 2. The van der Waals surface area contributed by atoms with Crippen molar-refractivity contribution in [2.75, 3.05) is 28.4 Å². The quantitative estimate of drug-likeness (QED) is 0.381. The molecule has 8 heteroatoms. The third-order valence-electron chi connectivity index (χ3n) is 5.88. The standard InChI is InChI=1S/C27H26N2O6/c1-15-7-9-17(10-8-15)23-22(27(31)35-6)16(2)28-19-11-12-29(26(30)24(19)23)18-13-20(32-3)25(34-5)21(14-18)33-4/h7-14H,1-6H3. The number of carbonyl (C=O) groups is 1. The predicted octanol–water partition coefficient (Wildman–Crippen LogP) is 4.48. The molecule has 35 heavy (non-hydrogen) atoms. The summed E-state index contributed by atoms with van der Waals surface area (Å²) in [6.07, 6.45) is 1.63. The minimum absolute atomic E-state index is 0.253. The number of methoxy groups -OCH3 is 4. The van der Waals surface area contributed by atoms with E-state index in [1.165, 1.54) is 33.0 Å². The van der Waals surface area contributed by atoms with Crippen LogP contribution in [0.1, 0.15) is 21.6 Å². The van der Waals surface area contributed by atoms with Gasteiger partial charge in [0, 0.05) is 23.9 Å². The fourth-order valence-corrected chi connectivity index (χ4v) is 4.17. The van der Waals surface area contributed by atoms with Gasteiger partial charge in [-0.3, -0.25) is 14.3 Å². The van der Waals surface area contributed by atoms with Crippen LogP contribution in [0.4, 0.5) is 0 Å². The molecule has 2 aromatic carbocycles. The van der Waals surface area contributed by atoms with E-state index < -0.39 is 5.97 Å². The molecule has 4 rings (SSSR count). The number of pyridine rings is 2. The molecular weight excluding hydrogens is 448 g/mol. The van der Waals surface area contributed by atoms with Gasteiger partial charge in [-0.25, -0.2) is 4.79 Å². The van der Waals surface area contributed by atoms with Gasteiger partial charge >= 0.3 is 5.97 Å². The predicted molar refractivity (Wildman–Crippen MR) is 133 cm³/mol. The highest BCUT2D eigenvalue weighted by Gasteiger charge is 2.24. The van der Waals surface area contributed by atoms with E-state index >= 15 is 0 Å². The summed E-state index contributed by atoms with van der Waals surface area (Å²) in [5.41, 5.74) is 3.59. The lowest BCUT2D eigenvalue weighted by molar-refractivity contribution is 0.0600. The molecule has 0 atom stereocenters. The monoisotopic (exact) mass is 474 g/mol. The van der Waals surface area contributed by atoms with Crippen LogP contribution in [0.15, 0.2) is 53.5 Å². The van der Waals surface area contributed by atoms with Gasteiger partial charge in [0.05, 0.1) is 56.3 Å². The lowest BCUT2D eigenvalue weighted by Crippen LogP contribution is -2.21. The van der Waals surface area contributed by atoms with E-state index in [4.69, 9.17) is 18.9 Å². The molecule has 4 aromatic rings. The van der Waals surface area contributed by atoms with Crippen molar-refractivity contribution in [1.82, 2.24) is 9.55 Å². The minimum Gasteiger partial charge on any atom is -0.493 e. The zero-order valence-electron chi connectivity index (χ0n) is 20.5. The Morgan fingerprint density at radius 3 is 2.06 bits per heavy atom. The van der Waals surface area contributed by atoms with E-state index in [2.05, 4.69) is 4.98 Å². The smallest absolute Gasteiger partial charge is 0.340 e. The Morgan fingerprint density at radius 2 is 1.51 bits per heavy atom. The first kappa shape index (κ1) is 23.8. The molecule has 0 saturated carbocycles. The second-order valence-electron chi connectivity index (χ2n) is 7.94. The van der Waals surface area contributed by atoms with Crippen molar-refractivity contribution >= 4 is 16.9 Å². The molecule has 0 bridgehead atoms. The Balaban J connectivity index is 2.12. The average molecular weight is 475 g/mol. The summed E-state index contributed by atoms with van der Waals surface area (Å²) in [5.74, 6) is 0.669. The fourth-order valence-electron chi connectivity index (χ4n) is 4.17. The molecule has 0 aliphatic rings. The summed E-state index contributed by atoms with van der Waals surface area (Å²) in [7, 11) is 5.84. The van der Waals surface area contributed by atoms with Crippen LogP contribution < -0.4 is 19.8 Å². The van der Waals surface area contributed by atoms with E-state index in [0.717, 1.165) is 5.56 Å². The van der Waals surface area contributed by atoms with Crippen molar-refractivity contribution in [3.63, 3.8) is 0 Å². The van der Waals surface area contributed by atoms with Gasteiger partial charge in [0.1, 0.15) is 0 Å². The second kappa shape index (κ2) is 9.50. The summed E-state index contributed by atoms with van der Waals surface area (Å²) in [5, 5.41) is 0.302. The average Bonchev–Trinajstić information content (AvgIpc) is 2.87. The van der Waals surface area contributed by atoms with Crippen molar-refractivity contribution in [3.8, 4) is 34.1 Å². The molecule has 0 spiro atoms. The van der Waals surface area contributed by atoms with Gasteiger partial charge in [-0.05, 0) is 25.5 Å². The zero-order valence-corrected chi connectivity index (χ0v) is 20.5. The Kier molecular flexibility index (Phi) is 6.46. The number of esters is 1. The van der Waals surface area contributed by atoms with Gasteiger partial charge in [-0.1, -0.05) is 29.8 Å². The lowest BCUT2D eigenvalue weighted by Gasteiger charge is -2.17. The molecule has 0 saturated heterocycles. The van der Waals surface area contributed by atoms with Crippen molar-refractivity contribution in [2.45, 2.75) is 13.8 Å². The highest BCUT2D eigenvalue weighted by atomic mass is 16.5. The van der Waals surface area contributed by atoms with Crippen molar-refractivity contribution < 1.29 is 23.7 Å². The van der Waals surface area contributed by atoms with Crippen LogP contribution in [0.2, 0.25) is 0 Å². The van der Waals surface area contributed by atoms with Crippen LogP contribution in [0, 0.1) is 13.8 Å². The van der Waals surface area contributed by atoms with Crippen LogP contribution in [-0.4, -0.2) is 44.0 Å². The maximum Gasteiger partial charge on any atom is 0.340 e. The molecule has 0 N–H and O–H groups in total. The Morgan fingerprint density at radius 1 is 0.886 bits per heavy atom. The van der Waals surface area contributed by atoms with Gasteiger partial charge in [0.2, 0.25) is 5.75 Å². The highest BCUT2D eigenvalue weighted by molar-refractivity contribution is 6.07. The molecular formula is C27H26N2O6. The Hall–Kier alpha value is -4.33. The van der Waals surface area contributed by atoms with E-state index in [0.29, 0.717) is 50.7 Å². The Labute approximate surface area is 202 Å². The van der Waals surface area contributed by atoms with Gasteiger partial charge in [0.25, 0.3) is 5.56 Å². The van der Waals surface area contributed by atoms with Crippen molar-refractivity contribution in [3.05, 3.63) is 75.8 Å². The zero-order chi connectivity index (χ0) is 25.3. The normalized spacial score (nSPS) is 10.8. The number of benzene rings is 2. The molecule has 0 radical (unpaired) electrons. The van der Waals surface area contributed by atoms with Gasteiger partial charge in [0.15, 0.2) is 11.5 Å². The molecule has 0 amide bonds. The van der Waals surface area contributed by atoms with Crippen LogP contribution in [0.5, 0.6) is 17.2 Å². The van der Waals surface area contributed by atoms with E-state index in [1.807, 2.05) is 31.2 Å². The molecule has 0 unspecified atom stereocenters. The number of hydrogen-bond acceptors (Lipinski definition) is 7. The number of ether oxygens (including phenoxy) is 4. The summed E-state index contributed by atoms with van der Waals surface area (Å²) in [6.45, 7) is 3.70. The number of carbonyl (C=O) groups excluding carboxylic acids is 1. The van der Waals surface area contributed by atoms with E-state index in [-0.39, 0.29) is 11.1 Å². The maximum atomic E-state index is 14.0. The number of nitrogens with zero attached hydrogens (tertiary/aromatic N) is 2. The van der Waals surface area contributed by atoms with Crippen LogP contribution >= 0.6 is 0 Å². The largest absolute Gasteiger partial charge is 0.493 e. The molecule has 0 fully saturated rings. The van der Waals surface area contributed by atoms with Crippen LogP contribution in [-0.2, 0) is 4.74 Å². The third kappa shape index (κ3) is 4.07. The van der Waals surface area contributed by atoms with Crippen molar-refractivity contribution in [2.24, 2.45) is 0 Å². The lowest BCUT2D eigenvalue weighted by atomic mass is 9.94. The first-order valence-corrected chi connectivity index (χ1v) is 10.9. The summed E-state index contributed by atoms with van der Waals surface area (Å²) in [4.78, 5) is 31.4. The molecule has 2 heterocycles. The molecule has 8 nitrogen and oxygen atoms in total. The van der Waals surface area contributed by atoms with Crippen LogP contribution in [0.25, 0.3) is 27.7 Å². The molecule has 2 aromatic heterocycles. The Bertz CT molecular complexity index is 1460.